The smallest absolute Gasteiger partial charge is 0.297 e. The minimum atomic E-state index is -0.561. The van der Waals surface area contributed by atoms with Crippen LogP contribution in [0.15, 0.2) is 54.6 Å². The minimum Gasteiger partial charge on any atom is -0.666 e. The Hall–Kier alpha value is -1.18. The third-order valence-electron chi connectivity index (χ3n) is 3.50. The molecule has 0 saturated carbocycles. The zero-order valence-corrected chi connectivity index (χ0v) is 18.2. The fourth-order valence-corrected chi connectivity index (χ4v) is 2.36. The molecule has 150 valence electrons. The van der Waals surface area contributed by atoms with E-state index in [0.29, 0.717) is 12.2 Å². The van der Waals surface area contributed by atoms with Gasteiger partial charge in [-0.15, -0.1) is 5.52 Å². The zero-order chi connectivity index (χ0) is 18.2. The van der Waals surface area contributed by atoms with Crippen LogP contribution in [0.5, 0.6) is 5.75 Å². The van der Waals surface area contributed by atoms with Crippen LogP contribution in [0.25, 0.3) is 10.9 Å². The predicted octanol–water partition coefficient (Wildman–Crippen LogP) is 3.85. The van der Waals surface area contributed by atoms with Crippen LogP contribution in [-0.4, -0.2) is 18.5 Å². The first-order valence-corrected chi connectivity index (χ1v) is 8.65. The van der Waals surface area contributed by atoms with Gasteiger partial charge in [-0.25, -0.2) is 0 Å². The molecule has 27 heavy (non-hydrogen) atoms. The molecule has 0 aliphatic carbocycles. The number of benzene rings is 2. The Morgan fingerprint density at radius 1 is 1.00 bits per heavy atom. The fourth-order valence-electron chi connectivity index (χ4n) is 2.36. The van der Waals surface area contributed by atoms with Gasteiger partial charge in [0, 0.05) is 40.0 Å². The van der Waals surface area contributed by atoms with Gasteiger partial charge in [0.25, 0.3) is 6.92 Å². The summed E-state index contributed by atoms with van der Waals surface area (Å²) in [4.78, 5) is 4.41. The molecule has 1 N–H and O–H groups in total. The molecular weight excluding hydrogens is 427 g/mol. The first-order chi connectivity index (χ1) is 12.0. The van der Waals surface area contributed by atoms with Crippen molar-refractivity contribution in [3.05, 3.63) is 66.1 Å². The average molecular weight is 453 g/mol. The molecule has 1 aromatic heterocycles. The van der Waals surface area contributed by atoms with Crippen molar-refractivity contribution in [3.63, 3.8) is 0 Å². The number of nitrogens with zero attached hydrogens (tertiary/aromatic N) is 1. The number of fused-ring (bicyclic) bond motifs is 1. The van der Waals surface area contributed by atoms with Gasteiger partial charge in [0.1, 0.15) is 5.75 Å². The van der Waals surface area contributed by atoms with Gasteiger partial charge in [-0.3, -0.25) is 0 Å². The van der Waals surface area contributed by atoms with Crippen molar-refractivity contribution in [1.29, 1.82) is 0 Å². The minimum absolute atomic E-state index is 0. The number of hydrogen-bond donors (Lipinski definition) is 1. The Morgan fingerprint density at radius 3 is 2.22 bits per heavy atom. The van der Waals surface area contributed by atoms with Crippen LogP contribution in [0, 0.1) is 5.92 Å². The quantitative estimate of drug-likeness (QED) is 0.472. The second kappa shape index (κ2) is 13.1. The predicted molar refractivity (Wildman–Crippen MR) is 107 cm³/mol. The summed E-state index contributed by atoms with van der Waals surface area (Å²) < 4.78 is 5.89. The van der Waals surface area contributed by atoms with Crippen LogP contribution in [0.3, 0.4) is 0 Å². The molecule has 0 amide bonds. The van der Waals surface area contributed by atoms with Gasteiger partial charge in [0.2, 0.25) is 0 Å². The Morgan fingerprint density at radius 2 is 1.63 bits per heavy atom. The summed E-state index contributed by atoms with van der Waals surface area (Å²) in [7, 11) is 0. The Kier molecular flexibility index (Phi) is 12.5. The van der Waals surface area contributed by atoms with E-state index in [2.05, 4.69) is 37.9 Å². The van der Waals surface area contributed by atoms with Gasteiger partial charge < -0.3 is 20.7 Å². The molecule has 2 aromatic carbocycles. The van der Waals surface area contributed by atoms with E-state index >= 15 is 0 Å². The normalized spacial score (nSPS) is 9.70. The SMILES string of the molecule is CB(O)c1cc2c(OCCc3ccccc3)cccc2[n-]1.C[C-](C)C.[Co].[Co]. The molecule has 0 aliphatic heterocycles. The van der Waals surface area contributed by atoms with Crippen LogP contribution in [0.1, 0.15) is 26.3 Å². The van der Waals surface area contributed by atoms with E-state index in [9.17, 15) is 5.02 Å². The summed E-state index contributed by atoms with van der Waals surface area (Å²) in [5.41, 5.74) is 2.81. The molecule has 3 nitrogen and oxygen atoms in total. The van der Waals surface area contributed by atoms with Gasteiger partial charge in [-0.05, 0) is 17.0 Å². The molecule has 3 rings (SSSR count). The van der Waals surface area contributed by atoms with E-state index in [-0.39, 0.29) is 33.6 Å². The first-order valence-electron chi connectivity index (χ1n) is 8.65. The van der Waals surface area contributed by atoms with Crippen LogP contribution in [0.4, 0.5) is 0 Å². The standard InChI is InChI=1S/C17H17BNO2.C4H9.2Co/c1-18(20)17-12-14-15(19-17)8-5-9-16(14)21-11-10-13-6-3-2-4-7-13;1-4(2)3;;/h2-9,12,20H,10-11H2,1H3;1-3H3;;/q2*-1;;. The number of hydrogen-bond acceptors (Lipinski definition) is 2. The van der Waals surface area contributed by atoms with E-state index in [1.165, 1.54) is 11.5 Å². The Balaban J connectivity index is 0.00000103. The molecule has 0 unspecified atom stereocenters. The maximum atomic E-state index is 9.64. The summed E-state index contributed by atoms with van der Waals surface area (Å²) in [5.74, 6) is 2.24. The van der Waals surface area contributed by atoms with E-state index in [1.54, 1.807) is 6.82 Å². The van der Waals surface area contributed by atoms with Crippen molar-refractivity contribution >= 4 is 23.4 Å². The third kappa shape index (κ3) is 8.58. The molecule has 0 bridgehead atoms. The zero-order valence-electron chi connectivity index (χ0n) is 16.2. The summed E-state index contributed by atoms with van der Waals surface area (Å²) in [6.07, 6.45) is 0.870. The van der Waals surface area contributed by atoms with Gasteiger partial charge in [-0.1, -0.05) is 55.4 Å². The molecular formula is C21H26BCo2NO2-2. The largest absolute Gasteiger partial charge is 0.666 e. The summed E-state index contributed by atoms with van der Waals surface area (Å²) in [6.45, 7) is 8.03. The van der Waals surface area contributed by atoms with E-state index in [1.807, 2.05) is 42.5 Å². The van der Waals surface area contributed by atoms with Crippen molar-refractivity contribution in [1.82, 2.24) is 4.98 Å². The first kappa shape index (κ1) is 25.8. The second-order valence-electron chi connectivity index (χ2n) is 6.63. The van der Waals surface area contributed by atoms with Crippen LogP contribution < -0.4 is 15.3 Å². The van der Waals surface area contributed by atoms with Crippen LogP contribution in [-0.2, 0) is 40.0 Å². The molecule has 0 fully saturated rings. The Bertz CT molecular complexity index is 773. The molecule has 0 saturated heterocycles. The molecule has 0 spiro atoms. The molecule has 0 aliphatic rings. The number of ether oxygens (including phenoxy) is 1. The topological polar surface area (TPSA) is 43.6 Å². The molecule has 2 radical (unpaired) electrons. The third-order valence-corrected chi connectivity index (χ3v) is 3.50. The Labute approximate surface area is 183 Å². The maximum Gasteiger partial charge on any atom is 0.297 e. The van der Waals surface area contributed by atoms with Gasteiger partial charge in [-0.2, -0.15) is 26.4 Å². The fraction of sp³-hybridized carbons (Fsp3) is 0.286. The molecule has 1 heterocycles. The average Bonchev–Trinajstić information content (AvgIpc) is 3.01. The maximum absolute atomic E-state index is 9.64. The van der Waals surface area contributed by atoms with Gasteiger partial charge in [0.15, 0.2) is 0 Å². The van der Waals surface area contributed by atoms with Gasteiger partial charge in [0.05, 0.1) is 6.61 Å². The van der Waals surface area contributed by atoms with Gasteiger partial charge >= 0.3 is 0 Å². The van der Waals surface area contributed by atoms with Crippen molar-refractivity contribution in [2.45, 2.75) is 34.0 Å². The monoisotopic (exact) mass is 453 g/mol. The molecule has 3 aromatic rings. The second-order valence-corrected chi connectivity index (χ2v) is 6.63. The summed E-state index contributed by atoms with van der Waals surface area (Å²) >= 11 is 0. The van der Waals surface area contributed by atoms with E-state index in [4.69, 9.17) is 4.74 Å². The number of rotatable bonds is 5. The van der Waals surface area contributed by atoms with E-state index in [0.717, 1.165) is 23.1 Å². The summed E-state index contributed by atoms with van der Waals surface area (Å²) in [5, 5.41) is 10.6. The van der Waals surface area contributed by atoms with Crippen molar-refractivity contribution in [3.8, 4) is 5.75 Å². The van der Waals surface area contributed by atoms with Crippen molar-refractivity contribution in [2.75, 3.05) is 6.61 Å². The van der Waals surface area contributed by atoms with Crippen molar-refractivity contribution < 1.29 is 43.3 Å². The summed E-state index contributed by atoms with van der Waals surface area (Å²) in [6, 6.07) is 18.0. The number of aromatic nitrogens is 1. The van der Waals surface area contributed by atoms with E-state index < -0.39 is 6.92 Å². The molecule has 6 heteroatoms. The van der Waals surface area contributed by atoms with Crippen LogP contribution in [0.2, 0.25) is 6.82 Å². The van der Waals surface area contributed by atoms with Crippen molar-refractivity contribution in [2.24, 2.45) is 0 Å². The molecule has 0 atom stereocenters. The van der Waals surface area contributed by atoms with Crippen LogP contribution >= 0.6 is 0 Å².